The monoisotopic (exact) mass is 579 g/mol. The van der Waals surface area contributed by atoms with Gasteiger partial charge >= 0.3 is 0 Å². The number of thioether (sulfide) groups is 1. The number of carbonyl (C=O) groups is 4. The van der Waals surface area contributed by atoms with Gasteiger partial charge < -0.3 is 20.1 Å². The minimum Gasteiger partial charge on any atom is -0.493 e. The quantitative estimate of drug-likeness (QED) is 0.314. The van der Waals surface area contributed by atoms with Crippen LogP contribution in [0.1, 0.15) is 16.7 Å². The summed E-state index contributed by atoms with van der Waals surface area (Å²) < 4.78 is 11.0. The SMILES string of the molecule is COc1cc(/C=C2\SC(=O)N(CC(=O)Nc3ccc(C)c(Cl)c3)C2=O)ccc1OCC(=O)Nc1ccccc1C. The zero-order valence-corrected chi connectivity index (χ0v) is 23.5. The summed E-state index contributed by atoms with van der Waals surface area (Å²) in [5.74, 6) is -0.769. The highest BCUT2D eigenvalue weighted by Gasteiger charge is 2.36. The molecule has 3 aromatic rings. The number of methoxy groups -OCH3 is 1. The van der Waals surface area contributed by atoms with Crippen LogP contribution in [0.2, 0.25) is 5.02 Å². The van der Waals surface area contributed by atoms with Crippen molar-refractivity contribution in [2.45, 2.75) is 13.8 Å². The molecule has 1 saturated heterocycles. The second-order valence-electron chi connectivity index (χ2n) is 8.84. The standard InChI is InChI=1S/C29H26ClN3O6S/c1-17-8-10-20(14-21(17)30)31-26(34)15-33-28(36)25(40-29(33)37)13-19-9-11-23(24(12-19)38-3)39-16-27(35)32-22-7-5-4-6-18(22)2/h4-14H,15-16H2,1-3H3,(H,31,34)(H,32,35)/b25-13-. The van der Waals surface area contributed by atoms with Crippen LogP contribution in [0.4, 0.5) is 16.2 Å². The summed E-state index contributed by atoms with van der Waals surface area (Å²) in [7, 11) is 1.45. The summed E-state index contributed by atoms with van der Waals surface area (Å²) >= 11 is 6.83. The molecule has 0 spiro atoms. The smallest absolute Gasteiger partial charge is 0.294 e. The van der Waals surface area contributed by atoms with Crippen LogP contribution in [0.25, 0.3) is 6.08 Å². The number of hydrogen-bond donors (Lipinski definition) is 2. The van der Waals surface area contributed by atoms with Crippen molar-refractivity contribution in [1.29, 1.82) is 0 Å². The van der Waals surface area contributed by atoms with Gasteiger partial charge in [0.05, 0.1) is 12.0 Å². The number of benzene rings is 3. The molecule has 0 aromatic heterocycles. The lowest BCUT2D eigenvalue weighted by atomic mass is 10.2. The van der Waals surface area contributed by atoms with Crippen molar-refractivity contribution in [2.24, 2.45) is 0 Å². The van der Waals surface area contributed by atoms with Gasteiger partial charge in [0.2, 0.25) is 5.91 Å². The molecule has 4 amide bonds. The molecule has 1 aliphatic heterocycles. The Morgan fingerprint density at radius 3 is 2.45 bits per heavy atom. The van der Waals surface area contributed by atoms with E-state index in [1.54, 1.807) is 42.5 Å². The normalized spacial score (nSPS) is 13.9. The Bertz CT molecular complexity index is 1520. The average molecular weight is 580 g/mol. The van der Waals surface area contributed by atoms with Crippen LogP contribution >= 0.6 is 23.4 Å². The lowest BCUT2D eigenvalue weighted by Crippen LogP contribution is -2.36. The summed E-state index contributed by atoms with van der Waals surface area (Å²) in [4.78, 5) is 51.2. The van der Waals surface area contributed by atoms with E-state index in [4.69, 9.17) is 21.1 Å². The fourth-order valence-corrected chi connectivity index (χ4v) is 4.76. The van der Waals surface area contributed by atoms with E-state index in [1.165, 1.54) is 13.2 Å². The van der Waals surface area contributed by atoms with E-state index in [1.807, 2.05) is 32.0 Å². The first-order valence-electron chi connectivity index (χ1n) is 12.1. The number of nitrogens with one attached hydrogen (secondary N) is 2. The zero-order valence-electron chi connectivity index (χ0n) is 21.9. The minimum atomic E-state index is -0.584. The fourth-order valence-electron chi connectivity index (χ4n) is 3.74. The van der Waals surface area contributed by atoms with Gasteiger partial charge in [-0.25, -0.2) is 0 Å². The number of para-hydroxylation sites is 1. The van der Waals surface area contributed by atoms with Crippen LogP contribution in [0.3, 0.4) is 0 Å². The molecule has 1 fully saturated rings. The Hall–Kier alpha value is -4.28. The maximum atomic E-state index is 12.9. The number of rotatable bonds is 9. The number of nitrogens with zero attached hydrogens (tertiary/aromatic N) is 1. The highest BCUT2D eigenvalue weighted by Crippen LogP contribution is 2.34. The van der Waals surface area contributed by atoms with Crippen molar-refractivity contribution < 1.29 is 28.7 Å². The average Bonchev–Trinajstić information content (AvgIpc) is 3.18. The van der Waals surface area contributed by atoms with E-state index < -0.39 is 23.6 Å². The molecule has 2 N–H and O–H groups in total. The zero-order chi connectivity index (χ0) is 28.8. The van der Waals surface area contributed by atoms with Gasteiger partial charge in [-0.3, -0.25) is 24.1 Å². The molecule has 4 rings (SSSR count). The van der Waals surface area contributed by atoms with E-state index in [9.17, 15) is 19.2 Å². The first-order valence-corrected chi connectivity index (χ1v) is 13.3. The molecule has 9 nitrogen and oxygen atoms in total. The highest BCUT2D eigenvalue weighted by atomic mass is 35.5. The third-order valence-electron chi connectivity index (χ3n) is 5.89. The molecule has 0 aliphatic carbocycles. The van der Waals surface area contributed by atoms with Gasteiger partial charge in [0.15, 0.2) is 18.1 Å². The lowest BCUT2D eigenvalue weighted by molar-refractivity contribution is -0.127. The van der Waals surface area contributed by atoms with E-state index in [-0.39, 0.29) is 17.4 Å². The second kappa shape index (κ2) is 12.7. The molecule has 0 saturated carbocycles. The van der Waals surface area contributed by atoms with Gasteiger partial charge in [0.25, 0.3) is 17.1 Å². The Labute approximate surface area is 240 Å². The molecule has 0 unspecified atom stereocenters. The van der Waals surface area contributed by atoms with Crippen molar-refractivity contribution in [3.8, 4) is 11.5 Å². The molecule has 11 heteroatoms. The third kappa shape index (κ3) is 7.02. The van der Waals surface area contributed by atoms with E-state index in [0.717, 1.165) is 27.8 Å². The number of hydrogen-bond acceptors (Lipinski definition) is 7. The lowest BCUT2D eigenvalue weighted by Gasteiger charge is -2.13. The van der Waals surface area contributed by atoms with Gasteiger partial charge in [0, 0.05) is 16.4 Å². The predicted molar refractivity (Wildman–Crippen MR) is 156 cm³/mol. The molecule has 0 atom stereocenters. The minimum absolute atomic E-state index is 0.157. The topological polar surface area (TPSA) is 114 Å². The summed E-state index contributed by atoms with van der Waals surface area (Å²) in [5.41, 5.74) is 3.52. The van der Waals surface area contributed by atoms with Gasteiger partial charge in [-0.2, -0.15) is 0 Å². The summed E-state index contributed by atoms with van der Waals surface area (Å²) in [6, 6.07) is 17.3. The van der Waals surface area contributed by atoms with Crippen molar-refractivity contribution in [3.05, 3.63) is 87.3 Å². The molecule has 0 radical (unpaired) electrons. The van der Waals surface area contributed by atoms with Crippen molar-refractivity contribution in [3.63, 3.8) is 0 Å². The molecular formula is C29H26ClN3O6S. The summed E-state index contributed by atoms with van der Waals surface area (Å²) in [5, 5.41) is 5.37. The molecule has 1 heterocycles. The number of carbonyl (C=O) groups excluding carboxylic acids is 4. The van der Waals surface area contributed by atoms with Crippen LogP contribution in [-0.2, 0) is 14.4 Å². The van der Waals surface area contributed by atoms with Crippen LogP contribution in [0.5, 0.6) is 11.5 Å². The van der Waals surface area contributed by atoms with Crippen LogP contribution in [0, 0.1) is 13.8 Å². The van der Waals surface area contributed by atoms with Gasteiger partial charge in [-0.15, -0.1) is 0 Å². The third-order valence-corrected chi connectivity index (χ3v) is 7.21. The predicted octanol–water partition coefficient (Wildman–Crippen LogP) is 5.66. The van der Waals surface area contributed by atoms with Gasteiger partial charge in [-0.1, -0.05) is 41.9 Å². The fraction of sp³-hybridized carbons (Fsp3) is 0.172. The van der Waals surface area contributed by atoms with Crippen LogP contribution in [-0.4, -0.2) is 48.1 Å². The first kappa shape index (κ1) is 28.7. The molecule has 40 heavy (non-hydrogen) atoms. The summed E-state index contributed by atoms with van der Waals surface area (Å²) in [6.45, 7) is 3.06. The molecule has 3 aromatic carbocycles. The number of anilines is 2. The van der Waals surface area contributed by atoms with Crippen molar-refractivity contribution >= 4 is 63.8 Å². The first-order chi connectivity index (χ1) is 19.1. The molecule has 206 valence electrons. The number of aryl methyl sites for hydroxylation is 2. The Morgan fingerprint density at radius 1 is 0.950 bits per heavy atom. The largest absolute Gasteiger partial charge is 0.493 e. The number of amides is 4. The Balaban J connectivity index is 1.38. The van der Waals surface area contributed by atoms with E-state index in [0.29, 0.717) is 33.5 Å². The van der Waals surface area contributed by atoms with Crippen LogP contribution in [0.15, 0.2) is 65.6 Å². The molecule has 0 bridgehead atoms. The molecule has 1 aliphatic rings. The number of imide groups is 1. The van der Waals surface area contributed by atoms with Crippen LogP contribution < -0.4 is 20.1 Å². The Morgan fingerprint density at radius 2 is 1.73 bits per heavy atom. The van der Waals surface area contributed by atoms with Crippen molar-refractivity contribution in [2.75, 3.05) is 30.9 Å². The highest BCUT2D eigenvalue weighted by molar-refractivity contribution is 8.18. The van der Waals surface area contributed by atoms with Gasteiger partial charge in [-0.05, 0) is 78.7 Å². The van der Waals surface area contributed by atoms with Gasteiger partial charge in [0.1, 0.15) is 6.54 Å². The number of ether oxygens (including phenoxy) is 2. The van der Waals surface area contributed by atoms with E-state index in [2.05, 4.69) is 10.6 Å². The van der Waals surface area contributed by atoms with Crippen molar-refractivity contribution in [1.82, 2.24) is 4.90 Å². The van der Waals surface area contributed by atoms with E-state index >= 15 is 0 Å². The maximum Gasteiger partial charge on any atom is 0.294 e. The number of halogens is 1. The Kier molecular flexibility index (Phi) is 9.13. The molecular weight excluding hydrogens is 554 g/mol. The maximum absolute atomic E-state index is 12.9. The second-order valence-corrected chi connectivity index (χ2v) is 10.2. The summed E-state index contributed by atoms with van der Waals surface area (Å²) in [6.07, 6.45) is 1.53.